The molecule has 2 fully saturated rings. The van der Waals surface area contributed by atoms with Gasteiger partial charge in [-0.15, -0.1) is 0 Å². The third kappa shape index (κ3) is 3.73. The molecule has 2 aromatic carbocycles. The van der Waals surface area contributed by atoms with Gasteiger partial charge in [-0.05, 0) is 53.9 Å². The minimum atomic E-state index is -0.822. The summed E-state index contributed by atoms with van der Waals surface area (Å²) in [6.07, 6.45) is 3.05. The first kappa shape index (κ1) is 22.4. The summed E-state index contributed by atoms with van der Waals surface area (Å²) >= 11 is 0. The SMILES string of the molecule is CC(CC(=O)NCC1(C(=O)O)CC12CCC2)NC(=O)OCC1c2ccccc2-c2ccccc21. The number of carbonyl (C=O) groups excluding carboxylic acids is 2. The number of benzene rings is 2. The number of alkyl carbamates (subject to hydrolysis) is 1. The molecule has 7 nitrogen and oxygen atoms in total. The number of hydrogen-bond acceptors (Lipinski definition) is 4. The van der Waals surface area contributed by atoms with E-state index in [0.29, 0.717) is 6.42 Å². The van der Waals surface area contributed by atoms with Gasteiger partial charge in [-0.1, -0.05) is 55.0 Å². The first-order valence-corrected chi connectivity index (χ1v) is 12.0. The van der Waals surface area contributed by atoms with Gasteiger partial charge in [0.15, 0.2) is 0 Å². The molecule has 0 radical (unpaired) electrons. The van der Waals surface area contributed by atoms with E-state index in [1.54, 1.807) is 6.92 Å². The molecule has 0 saturated heterocycles. The number of rotatable bonds is 8. The number of carbonyl (C=O) groups is 3. The van der Waals surface area contributed by atoms with Crippen molar-refractivity contribution in [3.63, 3.8) is 0 Å². The monoisotopic (exact) mass is 462 g/mol. The van der Waals surface area contributed by atoms with E-state index in [0.717, 1.165) is 41.5 Å². The molecule has 34 heavy (non-hydrogen) atoms. The maximum Gasteiger partial charge on any atom is 0.407 e. The normalized spacial score (nSPS) is 22.1. The summed E-state index contributed by atoms with van der Waals surface area (Å²) in [5.41, 5.74) is 3.68. The highest BCUT2D eigenvalue weighted by Crippen LogP contribution is 2.73. The highest BCUT2D eigenvalue weighted by Gasteiger charge is 2.73. The molecule has 0 aliphatic heterocycles. The van der Waals surface area contributed by atoms with E-state index in [9.17, 15) is 19.5 Å². The van der Waals surface area contributed by atoms with Crippen LogP contribution in [0.2, 0.25) is 0 Å². The van der Waals surface area contributed by atoms with E-state index in [1.807, 2.05) is 24.3 Å². The van der Waals surface area contributed by atoms with Crippen LogP contribution in [-0.4, -0.2) is 42.3 Å². The van der Waals surface area contributed by atoms with Crippen molar-refractivity contribution in [1.29, 1.82) is 0 Å². The highest BCUT2D eigenvalue weighted by atomic mass is 16.5. The maximum atomic E-state index is 12.4. The van der Waals surface area contributed by atoms with Crippen LogP contribution >= 0.6 is 0 Å². The Morgan fingerprint density at radius 2 is 1.68 bits per heavy atom. The number of carboxylic acid groups (broad SMARTS) is 1. The molecule has 2 aromatic rings. The molecule has 7 heteroatoms. The van der Waals surface area contributed by atoms with Crippen molar-refractivity contribution in [2.75, 3.05) is 13.2 Å². The minimum Gasteiger partial charge on any atom is -0.481 e. The Hall–Kier alpha value is -3.35. The zero-order valence-corrected chi connectivity index (χ0v) is 19.3. The van der Waals surface area contributed by atoms with Crippen molar-refractivity contribution in [3.05, 3.63) is 59.7 Å². The third-order valence-corrected chi connectivity index (χ3v) is 8.04. The van der Waals surface area contributed by atoms with E-state index in [2.05, 4.69) is 34.9 Å². The predicted molar refractivity (Wildman–Crippen MR) is 126 cm³/mol. The molecular formula is C27H30N2O5. The van der Waals surface area contributed by atoms with E-state index in [-0.39, 0.29) is 36.8 Å². The van der Waals surface area contributed by atoms with Gasteiger partial charge in [0.25, 0.3) is 0 Å². The Labute approximate surface area is 198 Å². The van der Waals surface area contributed by atoms with E-state index < -0.39 is 23.5 Å². The topological polar surface area (TPSA) is 105 Å². The Morgan fingerprint density at radius 1 is 1.06 bits per heavy atom. The van der Waals surface area contributed by atoms with Gasteiger partial charge >= 0.3 is 12.1 Å². The zero-order chi connectivity index (χ0) is 23.9. The molecular weight excluding hydrogens is 432 g/mol. The lowest BCUT2D eigenvalue weighted by Crippen LogP contribution is -2.42. The van der Waals surface area contributed by atoms with Crippen molar-refractivity contribution in [1.82, 2.24) is 10.6 Å². The van der Waals surface area contributed by atoms with Crippen LogP contribution in [0.1, 0.15) is 56.1 Å². The molecule has 0 aromatic heterocycles. The fourth-order valence-corrected chi connectivity index (χ4v) is 5.91. The fourth-order valence-electron chi connectivity index (χ4n) is 5.91. The van der Waals surface area contributed by atoms with E-state index in [4.69, 9.17) is 4.74 Å². The number of aliphatic carboxylic acids is 1. The summed E-state index contributed by atoms with van der Waals surface area (Å²) in [5.74, 6) is -1.12. The van der Waals surface area contributed by atoms with Gasteiger partial charge in [0.05, 0.1) is 5.41 Å². The Morgan fingerprint density at radius 3 is 2.21 bits per heavy atom. The van der Waals surface area contributed by atoms with Gasteiger partial charge in [0.2, 0.25) is 5.91 Å². The maximum absolute atomic E-state index is 12.4. The molecule has 1 spiro atoms. The van der Waals surface area contributed by atoms with Crippen LogP contribution in [0.3, 0.4) is 0 Å². The average molecular weight is 463 g/mol. The highest BCUT2D eigenvalue weighted by molar-refractivity contribution is 5.83. The Kier molecular flexibility index (Phi) is 5.58. The van der Waals surface area contributed by atoms with Crippen LogP contribution in [0.25, 0.3) is 11.1 Å². The number of carboxylic acids is 1. The molecule has 2 unspecified atom stereocenters. The van der Waals surface area contributed by atoms with Gasteiger partial charge in [-0.3, -0.25) is 9.59 Å². The summed E-state index contributed by atoms with van der Waals surface area (Å²) in [6, 6.07) is 15.8. The lowest BCUT2D eigenvalue weighted by molar-refractivity contribution is -0.145. The molecule has 5 rings (SSSR count). The molecule has 2 saturated carbocycles. The molecule has 2 amide bonds. The number of ether oxygens (including phenoxy) is 1. The fraction of sp³-hybridized carbons (Fsp3) is 0.444. The second-order valence-corrected chi connectivity index (χ2v) is 10.0. The zero-order valence-electron chi connectivity index (χ0n) is 19.3. The smallest absolute Gasteiger partial charge is 0.407 e. The van der Waals surface area contributed by atoms with Crippen molar-refractivity contribution in [2.24, 2.45) is 10.8 Å². The van der Waals surface area contributed by atoms with Crippen LogP contribution in [0.4, 0.5) is 4.79 Å². The summed E-state index contributed by atoms with van der Waals surface area (Å²) in [6.45, 7) is 2.10. The van der Waals surface area contributed by atoms with Crippen LogP contribution in [0.5, 0.6) is 0 Å². The second kappa shape index (κ2) is 8.46. The lowest BCUT2D eigenvalue weighted by atomic mass is 9.75. The van der Waals surface area contributed by atoms with Gasteiger partial charge in [0, 0.05) is 24.9 Å². The second-order valence-electron chi connectivity index (χ2n) is 10.0. The summed E-state index contributed by atoms with van der Waals surface area (Å²) < 4.78 is 5.54. The van der Waals surface area contributed by atoms with Gasteiger partial charge < -0.3 is 20.5 Å². The molecule has 3 aliphatic carbocycles. The first-order valence-electron chi connectivity index (χ1n) is 12.0. The van der Waals surface area contributed by atoms with Gasteiger partial charge in [-0.2, -0.15) is 0 Å². The van der Waals surface area contributed by atoms with Crippen molar-refractivity contribution in [2.45, 2.75) is 51.0 Å². The molecule has 2 atom stereocenters. The molecule has 0 heterocycles. The number of nitrogens with one attached hydrogen (secondary N) is 2. The molecule has 3 aliphatic rings. The summed E-state index contributed by atoms with van der Waals surface area (Å²) in [5, 5.41) is 15.2. The number of hydrogen-bond donors (Lipinski definition) is 3. The van der Waals surface area contributed by atoms with Crippen LogP contribution in [0.15, 0.2) is 48.5 Å². The van der Waals surface area contributed by atoms with E-state index in [1.165, 1.54) is 0 Å². The number of fused-ring (bicyclic) bond motifs is 3. The predicted octanol–water partition coefficient (Wildman–Crippen LogP) is 4.06. The Bertz CT molecular complexity index is 1100. The summed E-state index contributed by atoms with van der Waals surface area (Å²) in [4.78, 5) is 36.6. The minimum absolute atomic E-state index is 0.0265. The Balaban J connectivity index is 1.10. The van der Waals surface area contributed by atoms with Crippen LogP contribution in [0, 0.1) is 10.8 Å². The molecule has 178 valence electrons. The lowest BCUT2D eigenvalue weighted by Gasteiger charge is -2.31. The molecule has 3 N–H and O–H groups in total. The van der Waals surface area contributed by atoms with Crippen molar-refractivity contribution >= 4 is 18.0 Å². The van der Waals surface area contributed by atoms with Crippen molar-refractivity contribution in [3.8, 4) is 11.1 Å². The quantitative estimate of drug-likeness (QED) is 0.549. The van der Waals surface area contributed by atoms with Crippen LogP contribution in [-0.2, 0) is 14.3 Å². The van der Waals surface area contributed by atoms with Gasteiger partial charge in [-0.25, -0.2) is 4.79 Å². The van der Waals surface area contributed by atoms with E-state index >= 15 is 0 Å². The largest absolute Gasteiger partial charge is 0.481 e. The summed E-state index contributed by atoms with van der Waals surface area (Å²) in [7, 11) is 0. The van der Waals surface area contributed by atoms with Crippen LogP contribution < -0.4 is 10.6 Å². The number of amides is 2. The third-order valence-electron chi connectivity index (χ3n) is 8.04. The first-order chi connectivity index (χ1) is 16.4. The van der Waals surface area contributed by atoms with Crippen molar-refractivity contribution < 1.29 is 24.2 Å². The van der Waals surface area contributed by atoms with Gasteiger partial charge in [0.1, 0.15) is 6.61 Å². The average Bonchev–Trinajstić information content (AvgIpc) is 3.41. The standard InChI is InChI=1S/C27H30N2O5/c1-17(13-23(30)28-16-27(24(31)32)15-26(27)11-6-12-26)29-25(33)34-14-22-20-9-4-2-7-18(20)19-8-3-5-10-21(19)22/h2-5,7-10,17,22H,6,11-16H2,1H3,(H,28,30)(H,29,33)(H,31,32). The molecule has 0 bridgehead atoms.